The van der Waals surface area contributed by atoms with Gasteiger partial charge in [0.2, 0.25) is 0 Å². The van der Waals surface area contributed by atoms with Gasteiger partial charge < -0.3 is 21.5 Å². The predicted molar refractivity (Wildman–Crippen MR) is 110 cm³/mol. The number of ether oxygens (including phenoxy) is 1. The molecule has 0 radical (unpaired) electrons. The van der Waals surface area contributed by atoms with E-state index in [4.69, 9.17) is 16.2 Å². The lowest BCUT2D eigenvalue weighted by Crippen LogP contribution is -2.23. The fraction of sp³-hybridized carbons (Fsp3) is 0.190. The lowest BCUT2D eigenvalue weighted by Gasteiger charge is -2.10. The number of rotatable bonds is 7. The summed E-state index contributed by atoms with van der Waals surface area (Å²) in [5.41, 5.74) is 13.6. The van der Waals surface area contributed by atoms with Crippen molar-refractivity contribution < 1.29 is 18.7 Å². The molecule has 0 aliphatic rings. The lowest BCUT2D eigenvalue weighted by atomic mass is 10.0. The number of benzene rings is 2. The van der Waals surface area contributed by atoms with Crippen molar-refractivity contribution in [3.8, 4) is 17.0 Å². The molecule has 3 rings (SSSR count). The van der Waals surface area contributed by atoms with Gasteiger partial charge >= 0.3 is 0 Å². The number of primary amides is 1. The zero-order valence-electron chi connectivity index (χ0n) is 16.6. The molecular weight excluding hydrogens is 389 g/mol. The van der Waals surface area contributed by atoms with Crippen molar-refractivity contribution in [1.29, 1.82) is 0 Å². The minimum absolute atomic E-state index is 0.112. The third-order valence-electron chi connectivity index (χ3n) is 4.62. The highest BCUT2D eigenvalue weighted by molar-refractivity contribution is 6.03. The quantitative estimate of drug-likeness (QED) is 0.550. The summed E-state index contributed by atoms with van der Waals surface area (Å²) in [5.74, 6) is -1.13. The largest absolute Gasteiger partial charge is 0.496 e. The minimum atomic E-state index is -0.650. The van der Waals surface area contributed by atoms with E-state index in [9.17, 15) is 14.0 Å². The number of methoxy groups -OCH3 is 1. The van der Waals surface area contributed by atoms with Gasteiger partial charge in [0.1, 0.15) is 28.6 Å². The Morgan fingerprint density at radius 3 is 2.50 bits per heavy atom. The summed E-state index contributed by atoms with van der Waals surface area (Å²) in [6.45, 7) is 2.57. The summed E-state index contributed by atoms with van der Waals surface area (Å²) in [4.78, 5) is 24.2. The van der Waals surface area contributed by atoms with Gasteiger partial charge in [0.05, 0.1) is 12.7 Å². The fourth-order valence-electron chi connectivity index (χ4n) is 3.08. The fourth-order valence-corrected chi connectivity index (χ4v) is 3.08. The van der Waals surface area contributed by atoms with Crippen LogP contribution in [0.2, 0.25) is 0 Å². The second-order valence-electron chi connectivity index (χ2n) is 6.51. The number of nitrogen functional groups attached to an aromatic ring is 1. The molecule has 3 aromatic rings. The van der Waals surface area contributed by atoms with Crippen LogP contribution in [0.4, 0.5) is 10.2 Å². The van der Waals surface area contributed by atoms with E-state index < -0.39 is 17.6 Å². The molecule has 0 saturated heterocycles. The summed E-state index contributed by atoms with van der Waals surface area (Å²) in [7, 11) is 1.41. The van der Waals surface area contributed by atoms with E-state index in [1.165, 1.54) is 23.9 Å². The van der Waals surface area contributed by atoms with Crippen LogP contribution in [0, 0.1) is 5.82 Å². The van der Waals surface area contributed by atoms with E-state index in [0.717, 1.165) is 11.6 Å². The van der Waals surface area contributed by atoms with Crippen LogP contribution < -0.4 is 21.5 Å². The number of aryl methyl sites for hydroxylation is 1. The number of halogens is 1. The van der Waals surface area contributed by atoms with E-state index in [1.807, 2.05) is 6.92 Å². The van der Waals surface area contributed by atoms with Crippen molar-refractivity contribution in [2.24, 2.45) is 5.73 Å². The predicted octanol–water partition coefficient (Wildman–Crippen LogP) is 2.33. The summed E-state index contributed by atoms with van der Waals surface area (Å²) >= 11 is 0. The average molecular weight is 411 g/mol. The number of carbonyl (C=O) groups is 2. The zero-order chi connectivity index (χ0) is 21.8. The number of nitrogens with two attached hydrogens (primary N) is 2. The van der Waals surface area contributed by atoms with Crippen molar-refractivity contribution in [3.63, 3.8) is 0 Å². The highest BCUT2D eigenvalue weighted by atomic mass is 19.1. The van der Waals surface area contributed by atoms with Gasteiger partial charge in [-0.15, -0.1) is 0 Å². The topological polar surface area (TPSA) is 125 Å². The van der Waals surface area contributed by atoms with Gasteiger partial charge in [0.15, 0.2) is 0 Å². The minimum Gasteiger partial charge on any atom is -0.496 e. The molecule has 0 saturated carbocycles. The Kier molecular flexibility index (Phi) is 6.01. The van der Waals surface area contributed by atoms with E-state index in [0.29, 0.717) is 17.8 Å². The SMILES string of the molecule is CCn1nc(-c2ccc(CNC(=O)c3cc(F)ccc3OC)cc2)c(C(N)=O)c1N. The molecule has 9 heteroatoms. The maximum atomic E-state index is 13.5. The van der Waals surface area contributed by atoms with E-state index >= 15 is 0 Å². The Bertz CT molecular complexity index is 1090. The molecule has 1 aromatic heterocycles. The number of nitrogens with zero attached hydrogens (tertiary/aromatic N) is 2. The molecule has 1 heterocycles. The number of hydrogen-bond donors (Lipinski definition) is 3. The molecule has 0 fully saturated rings. The first kappa shape index (κ1) is 20.8. The van der Waals surface area contributed by atoms with Gasteiger partial charge in [0, 0.05) is 18.7 Å². The molecule has 0 unspecified atom stereocenters. The molecule has 5 N–H and O–H groups in total. The molecule has 0 aliphatic carbocycles. The number of amides is 2. The first-order chi connectivity index (χ1) is 14.3. The third-order valence-corrected chi connectivity index (χ3v) is 4.62. The lowest BCUT2D eigenvalue weighted by molar-refractivity contribution is 0.0946. The van der Waals surface area contributed by atoms with Gasteiger partial charge in [-0.3, -0.25) is 9.59 Å². The molecule has 30 heavy (non-hydrogen) atoms. The highest BCUT2D eigenvalue weighted by Crippen LogP contribution is 2.27. The first-order valence-electron chi connectivity index (χ1n) is 9.22. The average Bonchev–Trinajstić information content (AvgIpc) is 3.08. The molecule has 2 amide bonds. The number of aromatic nitrogens is 2. The normalized spacial score (nSPS) is 10.6. The smallest absolute Gasteiger partial charge is 0.255 e. The van der Waals surface area contributed by atoms with Crippen LogP contribution in [0.1, 0.15) is 33.2 Å². The zero-order valence-corrected chi connectivity index (χ0v) is 16.6. The summed E-state index contributed by atoms with van der Waals surface area (Å²) < 4.78 is 20.1. The number of anilines is 1. The van der Waals surface area contributed by atoms with Crippen LogP contribution in [-0.4, -0.2) is 28.7 Å². The Morgan fingerprint density at radius 2 is 1.90 bits per heavy atom. The molecule has 2 aromatic carbocycles. The Morgan fingerprint density at radius 1 is 1.20 bits per heavy atom. The van der Waals surface area contributed by atoms with Crippen molar-refractivity contribution in [1.82, 2.24) is 15.1 Å². The van der Waals surface area contributed by atoms with E-state index in [2.05, 4.69) is 10.4 Å². The Hall–Kier alpha value is -3.88. The highest BCUT2D eigenvalue weighted by Gasteiger charge is 2.21. The van der Waals surface area contributed by atoms with Crippen LogP contribution in [0.15, 0.2) is 42.5 Å². The van der Waals surface area contributed by atoms with Crippen molar-refractivity contribution in [3.05, 3.63) is 65.0 Å². The molecule has 156 valence electrons. The Balaban J connectivity index is 1.77. The Labute approximate surface area is 172 Å². The number of nitrogens with one attached hydrogen (secondary N) is 1. The maximum Gasteiger partial charge on any atom is 0.255 e. The maximum absolute atomic E-state index is 13.5. The van der Waals surface area contributed by atoms with Crippen molar-refractivity contribution in [2.75, 3.05) is 12.8 Å². The molecule has 0 bridgehead atoms. The summed E-state index contributed by atoms with van der Waals surface area (Å²) in [6, 6.07) is 10.8. The molecular formula is C21H22FN5O3. The van der Waals surface area contributed by atoms with Crippen molar-refractivity contribution >= 4 is 17.6 Å². The van der Waals surface area contributed by atoms with Gasteiger partial charge in [-0.25, -0.2) is 9.07 Å². The van der Waals surface area contributed by atoms with Crippen LogP contribution in [0.25, 0.3) is 11.3 Å². The van der Waals surface area contributed by atoms with E-state index in [-0.39, 0.29) is 29.2 Å². The standard InChI is InChI=1S/C21H22FN5O3/c1-3-27-19(23)17(20(24)28)18(26-27)13-6-4-12(5-7-13)11-25-21(29)15-10-14(22)8-9-16(15)30-2/h4-10H,3,11,23H2,1-2H3,(H2,24,28)(H,25,29). The van der Waals surface area contributed by atoms with Crippen LogP contribution in [-0.2, 0) is 13.1 Å². The van der Waals surface area contributed by atoms with Gasteiger partial charge in [-0.1, -0.05) is 24.3 Å². The van der Waals surface area contributed by atoms with E-state index in [1.54, 1.807) is 24.3 Å². The third kappa shape index (κ3) is 4.09. The molecule has 0 atom stereocenters. The monoisotopic (exact) mass is 411 g/mol. The second kappa shape index (κ2) is 8.64. The summed E-state index contributed by atoms with van der Waals surface area (Å²) in [5, 5.41) is 7.09. The molecule has 0 spiro atoms. The number of hydrogen-bond acceptors (Lipinski definition) is 5. The van der Waals surface area contributed by atoms with Crippen LogP contribution in [0.5, 0.6) is 5.75 Å². The molecule has 8 nitrogen and oxygen atoms in total. The summed E-state index contributed by atoms with van der Waals surface area (Å²) in [6.07, 6.45) is 0. The first-order valence-corrected chi connectivity index (χ1v) is 9.22. The van der Waals surface area contributed by atoms with Crippen molar-refractivity contribution in [2.45, 2.75) is 20.0 Å². The van der Waals surface area contributed by atoms with Crippen LogP contribution in [0.3, 0.4) is 0 Å². The van der Waals surface area contributed by atoms with Gasteiger partial charge in [-0.2, -0.15) is 5.10 Å². The molecule has 0 aliphatic heterocycles. The van der Waals surface area contributed by atoms with Crippen LogP contribution >= 0.6 is 0 Å². The van der Waals surface area contributed by atoms with Gasteiger partial charge in [0.25, 0.3) is 11.8 Å². The second-order valence-corrected chi connectivity index (χ2v) is 6.51. The number of carbonyl (C=O) groups excluding carboxylic acids is 2. The van der Waals surface area contributed by atoms with Gasteiger partial charge in [-0.05, 0) is 30.7 Å².